The fraction of sp³-hybridized carbons (Fsp3) is 0.562. The summed E-state index contributed by atoms with van der Waals surface area (Å²) in [5, 5.41) is 2.73. The van der Waals surface area contributed by atoms with E-state index in [9.17, 15) is 18.0 Å². The molecule has 4 nitrogen and oxygen atoms in total. The fourth-order valence-electron chi connectivity index (χ4n) is 2.68. The van der Waals surface area contributed by atoms with Crippen LogP contribution in [0.15, 0.2) is 18.2 Å². The summed E-state index contributed by atoms with van der Waals surface area (Å²) >= 11 is 5.64. The monoisotopic (exact) mass is 363 g/mol. The predicted molar refractivity (Wildman–Crippen MR) is 88.3 cm³/mol. The van der Waals surface area contributed by atoms with Crippen molar-refractivity contribution in [3.8, 4) is 0 Å². The van der Waals surface area contributed by atoms with Crippen LogP contribution in [0.3, 0.4) is 0 Å². The number of benzene rings is 1. The zero-order valence-corrected chi connectivity index (χ0v) is 14.3. The van der Waals surface area contributed by atoms with Gasteiger partial charge in [0.15, 0.2) is 0 Å². The van der Waals surface area contributed by atoms with E-state index in [2.05, 4.69) is 17.1 Å². The minimum Gasteiger partial charge on any atom is -0.384 e. The van der Waals surface area contributed by atoms with Crippen LogP contribution in [0.25, 0.3) is 0 Å². The molecule has 0 saturated carbocycles. The van der Waals surface area contributed by atoms with Crippen LogP contribution >= 0.6 is 11.6 Å². The second-order valence-electron chi connectivity index (χ2n) is 5.68. The van der Waals surface area contributed by atoms with Gasteiger partial charge in [-0.05, 0) is 24.7 Å². The molecule has 0 bridgehead atoms. The Morgan fingerprint density at radius 3 is 2.50 bits per heavy atom. The molecular formula is C16H21ClF3N3O. The molecule has 0 unspecified atom stereocenters. The highest BCUT2D eigenvalue weighted by atomic mass is 35.5. The molecule has 1 saturated heterocycles. The van der Waals surface area contributed by atoms with Crippen LogP contribution in [-0.4, -0.2) is 55.0 Å². The number of hydrogen-bond acceptors (Lipinski definition) is 3. The van der Waals surface area contributed by atoms with Gasteiger partial charge in [-0.15, -0.1) is 0 Å². The highest BCUT2D eigenvalue weighted by molar-refractivity contribution is 6.30. The topological polar surface area (TPSA) is 35.6 Å². The van der Waals surface area contributed by atoms with Crippen molar-refractivity contribution < 1.29 is 18.0 Å². The van der Waals surface area contributed by atoms with Crippen molar-refractivity contribution in [1.82, 2.24) is 9.80 Å². The van der Waals surface area contributed by atoms with Gasteiger partial charge in [0.1, 0.15) is 0 Å². The number of rotatable bonds is 5. The molecule has 0 spiro atoms. The van der Waals surface area contributed by atoms with Crippen molar-refractivity contribution >= 4 is 23.2 Å². The molecule has 2 rings (SSSR count). The zero-order valence-electron chi connectivity index (χ0n) is 13.5. The summed E-state index contributed by atoms with van der Waals surface area (Å²) in [7, 11) is 0. The number of carbonyl (C=O) groups is 1. The third-order valence-electron chi connectivity index (χ3n) is 4.11. The van der Waals surface area contributed by atoms with E-state index in [0.717, 1.165) is 25.7 Å². The fourth-order valence-corrected chi connectivity index (χ4v) is 2.85. The first-order valence-electron chi connectivity index (χ1n) is 7.92. The largest absolute Gasteiger partial charge is 0.418 e. The van der Waals surface area contributed by atoms with E-state index < -0.39 is 11.7 Å². The molecule has 1 aromatic carbocycles. The van der Waals surface area contributed by atoms with E-state index in [1.54, 1.807) is 4.90 Å². The van der Waals surface area contributed by atoms with Crippen LogP contribution in [0.4, 0.5) is 18.9 Å². The summed E-state index contributed by atoms with van der Waals surface area (Å²) in [6.07, 6.45) is -4.33. The van der Waals surface area contributed by atoms with Crippen LogP contribution < -0.4 is 5.32 Å². The van der Waals surface area contributed by atoms with Gasteiger partial charge in [0.25, 0.3) is 0 Å². The highest BCUT2D eigenvalue weighted by Gasteiger charge is 2.33. The number of alkyl halides is 3. The Bertz CT molecular complexity index is 572. The van der Waals surface area contributed by atoms with Crippen LogP contribution in [-0.2, 0) is 11.0 Å². The lowest BCUT2D eigenvalue weighted by atomic mass is 10.1. The van der Waals surface area contributed by atoms with E-state index in [0.29, 0.717) is 13.1 Å². The number of carbonyl (C=O) groups excluding carboxylic acids is 1. The lowest BCUT2D eigenvalue weighted by Crippen LogP contribution is -2.48. The van der Waals surface area contributed by atoms with Gasteiger partial charge in [-0.3, -0.25) is 4.79 Å². The normalized spacial score (nSPS) is 16.3. The number of piperazine rings is 1. The Balaban J connectivity index is 1.87. The van der Waals surface area contributed by atoms with Gasteiger partial charge < -0.3 is 15.1 Å². The maximum atomic E-state index is 13.0. The molecule has 0 atom stereocenters. The first-order valence-corrected chi connectivity index (χ1v) is 8.30. The Labute approximate surface area is 144 Å². The van der Waals surface area contributed by atoms with E-state index in [1.165, 1.54) is 12.1 Å². The molecule has 8 heteroatoms. The molecular weight excluding hydrogens is 343 g/mol. The molecule has 1 aliphatic heterocycles. The van der Waals surface area contributed by atoms with Gasteiger partial charge in [0, 0.05) is 49.9 Å². The minimum absolute atomic E-state index is 0.0257. The molecule has 1 aromatic rings. The number of amides is 1. The molecule has 134 valence electrons. The Hall–Kier alpha value is -1.47. The second-order valence-corrected chi connectivity index (χ2v) is 6.12. The first-order chi connectivity index (χ1) is 11.3. The summed E-state index contributed by atoms with van der Waals surface area (Å²) in [5.41, 5.74) is -0.880. The number of nitrogens with one attached hydrogen (secondary N) is 1. The van der Waals surface area contributed by atoms with E-state index in [4.69, 9.17) is 11.6 Å². The first kappa shape index (κ1) is 18.9. The molecule has 1 fully saturated rings. The van der Waals surface area contributed by atoms with Crippen LogP contribution in [0.5, 0.6) is 0 Å². The number of anilines is 1. The van der Waals surface area contributed by atoms with Crippen molar-refractivity contribution in [1.29, 1.82) is 0 Å². The van der Waals surface area contributed by atoms with Gasteiger partial charge in [-0.2, -0.15) is 13.2 Å². The van der Waals surface area contributed by atoms with Gasteiger partial charge in [-0.25, -0.2) is 0 Å². The number of nitrogens with zero attached hydrogens (tertiary/aromatic N) is 2. The van der Waals surface area contributed by atoms with Gasteiger partial charge in [-0.1, -0.05) is 18.5 Å². The summed E-state index contributed by atoms with van der Waals surface area (Å²) in [4.78, 5) is 16.2. The molecule has 1 amide bonds. The smallest absolute Gasteiger partial charge is 0.384 e. The van der Waals surface area contributed by atoms with Gasteiger partial charge in [0.2, 0.25) is 5.91 Å². The van der Waals surface area contributed by atoms with Crippen LogP contribution in [0, 0.1) is 0 Å². The highest BCUT2D eigenvalue weighted by Crippen LogP contribution is 2.36. The van der Waals surface area contributed by atoms with E-state index in [-0.39, 0.29) is 29.6 Å². The summed E-state index contributed by atoms with van der Waals surface area (Å²) in [6, 6.07) is 3.57. The average molecular weight is 364 g/mol. The molecule has 0 aliphatic carbocycles. The molecule has 1 aliphatic rings. The second kappa shape index (κ2) is 8.07. The van der Waals surface area contributed by atoms with Crippen molar-refractivity contribution in [2.75, 3.05) is 44.6 Å². The van der Waals surface area contributed by atoms with Crippen molar-refractivity contribution in [3.05, 3.63) is 28.8 Å². The molecule has 1 heterocycles. The lowest BCUT2D eigenvalue weighted by molar-refractivity contribution is -0.137. The Morgan fingerprint density at radius 1 is 1.25 bits per heavy atom. The van der Waals surface area contributed by atoms with Crippen molar-refractivity contribution in [2.24, 2.45) is 0 Å². The van der Waals surface area contributed by atoms with E-state index >= 15 is 0 Å². The number of halogens is 4. The average Bonchev–Trinajstić information content (AvgIpc) is 2.55. The maximum Gasteiger partial charge on any atom is 0.418 e. The molecule has 0 aromatic heterocycles. The van der Waals surface area contributed by atoms with E-state index in [1.807, 2.05) is 0 Å². The van der Waals surface area contributed by atoms with Crippen molar-refractivity contribution in [2.45, 2.75) is 19.5 Å². The SMILES string of the molecule is CCN1CCN(C(=O)CCNc2ccc(Cl)cc2C(F)(F)F)CC1. The standard InChI is InChI=1S/C16H21ClF3N3O/c1-2-22-7-9-23(10-8-22)15(24)5-6-21-14-4-3-12(17)11-13(14)16(18,19)20/h3-4,11,21H,2,5-10H2,1H3. The van der Waals surface area contributed by atoms with Crippen LogP contribution in [0.1, 0.15) is 18.9 Å². The maximum absolute atomic E-state index is 13.0. The van der Waals surface area contributed by atoms with Gasteiger partial charge in [0.05, 0.1) is 5.56 Å². The molecule has 24 heavy (non-hydrogen) atoms. The quantitative estimate of drug-likeness (QED) is 0.871. The number of hydrogen-bond donors (Lipinski definition) is 1. The molecule has 1 N–H and O–H groups in total. The Morgan fingerprint density at radius 2 is 1.92 bits per heavy atom. The third-order valence-corrected chi connectivity index (χ3v) is 4.35. The third kappa shape index (κ3) is 5.01. The van der Waals surface area contributed by atoms with Crippen molar-refractivity contribution in [3.63, 3.8) is 0 Å². The van der Waals surface area contributed by atoms with Crippen LogP contribution in [0.2, 0.25) is 5.02 Å². The molecule has 0 radical (unpaired) electrons. The summed E-state index contributed by atoms with van der Waals surface area (Å²) in [5.74, 6) is -0.0409. The number of likely N-dealkylation sites (N-methyl/N-ethyl adjacent to an activating group) is 1. The summed E-state index contributed by atoms with van der Waals surface area (Å²) in [6.45, 7) is 6.20. The van der Waals surface area contributed by atoms with Gasteiger partial charge >= 0.3 is 6.18 Å². The summed E-state index contributed by atoms with van der Waals surface area (Å²) < 4.78 is 39.0. The zero-order chi connectivity index (χ0) is 17.7. The predicted octanol–water partition coefficient (Wildman–Crippen LogP) is 3.32. The minimum atomic E-state index is -4.49. The lowest BCUT2D eigenvalue weighted by Gasteiger charge is -2.34. The Kier molecular flexibility index (Phi) is 6.34.